The molecule has 1 aromatic carbocycles. The number of nitrogens with zero attached hydrogens (tertiary/aromatic N) is 3. The van der Waals surface area contributed by atoms with Crippen molar-refractivity contribution in [1.29, 1.82) is 0 Å². The number of para-hydroxylation sites is 1. The quantitative estimate of drug-likeness (QED) is 0.0439. The van der Waals surface area contributed by atoms with Gasteiger partial charge < -0.3 is 4.74 Å². The van der Waals surface area contributed by atoms with Crippen LogP contribution in [-0.4, -0.2) is 129 Å². The predicted molar refractivity (Wildman–Crippen MR) is 240 cm³/mol. The van der Waals surface area contributed by atoms with Gasteiger partial charge in [0.2, 0.25) is 0 Å². The van der Waals surface area contributed by atoms with E-state index in [9.17, 15) is 32.7 Å². The van der Waals surface area contributed by atoms with Crippen LogP contribution in [0, 0.1) is 11.8 Å². The normalized spacial score (nSPS) is 26.0. The standard InChI is InChI=1S/C47H66IN6O10S/c1-3-39-47(48-39,44(57)52-65(60,61)46(2)20-21-46)51-41(55)38-29-33(30-54(38)43(56)37(50-45(58)59)28-32-13-7-4-8-14-32)64-42-35(16-9-5-6-12-31-18-19-31)40(34-15-10-11-17-36(34)49-42)63-27-24-53-22-25-62-26-23-53/h3,10-11,15,17,31-33,37-39,50H,1,4-9,12-14,16,18-30H2,2H3,(H,51,55)(H,52,57)(H,58,59)/q-1/t33?,37-,38-,39-,47+/m0/s1. The summed E-state index contributed by atoms with van der Waals surface area (Å²) in [7, 11) is -4.01. The molecule has 1 unspecified atom stereocenters. The Morgan fingerprint density at radius 2 is 1.80 bits per heavy atom. The Balaban J connectivity index is 1.08. The number of fused-ring (bicyclic) bond motifs is 1. The topological polar surface area (TPSA) is 206 Å². The molecule has 0 radical (unpaired) electrons. The zero-order valence-electron chi connectivity index (χ0n) is 37.6. The van der Waals surface area contributed by atoms with Crippen molar-refractivity contribution in [2.24, 2.45) is 11.8 Å². The molecule has 18 heteroatoms. The Morgan fingerprint density at radius 3 is 2.49 bits per heavy atom. The van der Waals surface area contributed by atoms with E-state index in [1.807, 2.05) is 24.3 Å². The molecule has 16 nitrogen and oxygen atoms in total. The van der Waals surface area contributed by atoms with E-state index in [0.29, 0.717) is 56.2 Å². The van der Waals surface area contributed by atoms with E-state index in [2.05, 4.69) is 26.8 Å². The zero-order valence-corrected chi connectivity index (χ0v) is 40.5. The van der Waals surface area contributed by atoms with Crippen molar-refractivity contribution < 1.29 is 68.1 Å². The summed E-state index contributed by atoms with van der Waals surface area (Å²) in [6.45, 7) is 9.60. The summed E-state index contributed by atoms with van der Waals surface area (Å²) in [5.74, 6) is 0.0551. The summed E-state index contributed by atoms with van der Waals surface area (Å²) in [5.41, 5.74) is 1.50. The number of carbonyl (C=O) groups excluding carboxylic acids is 3. The summed E-state index contributed by atoms with van der Waals surface area (Å²) in [6, 6.07) is 5.51. The molecule has 5 atom stereocenters. The van der Waals surface area contributed by atoms with Gasteiger partial charge in [-0.15, -0.1) is 0 Å². The molecule has 6 aliphatic rings. The first-order chi connectivity index (χ1) is 31.3. The number of rotatable bonds is 22. The molecule has 358 valence electrons. The SMILES string of the molecule is C=C[C@@H]1[I-][C@]1(NC(=O)[C@@H]1CC(Oc2nc3ccccc3c(OCCN3CCOCC3)c2CCCCCC2CC2)CN1C(=O)[C@H](CC1CCCCC1)NC(=O)O)C(=O)NS(=O)(=O)C1(C)CC1. The minimum absolute atomic E-state index is 0.0223. The van der Waals surface area contributed by atoms with E-state index < -0.39 is 85.4 Å². The Labute approximate surface area is 393 Å². The van der Waals surface area contributed by atoms with E-state index in [1.54, 1.807) is 13.0 Å². The third kappa shape index (κ3) is 11.5. The summed E-state index contributed by atoms with van der Waals surface area (Å²) in [6.07, 6.45) is 13.0. The molecule has 4 N–H and O–H groups in total. The molecular weight excluding hydrogens is 968 g/mol. The number of likely N-dealkylation sites (tertiary alicyclic amines) is 1. The fourth-order valence-electron chi connectivity index (χ4n) is 9.68. The molecule has 65 heavy (non-hydrogen) atoms. The predicted octanol–water partition coefficient (Wildman–Crippen LogP) is 1.88. The summed E-state index contributed by atoms with van der Waals surface area (Å²) in [4.78, 5) is 64.3. The summed E-state index contributed by atoms with van der Waals surface area (Å²) in [5, 5.41) is 16.2. The molecule has 0 spiro atoms. The number of amides is 4. The third-order valence-corrected chi connectivity index (χ3v) is 20.2. The van der Waals surface area contributed by atoms with Crippen molar-refractivity contribution in [3.05, 3.63) is 42.5 Å². The number of hydrogen-bond donors (Lipinski definition) is 4. The van der Waals surface area contributed by atoms with Crippen molar-refractivity contribution >= 4 is 44.7 Å². The van der Waals surface area contributed by atoms with Crippen LogP contribution in [0.25, 0.3) is 10.9 Å². The van der Waals surface area contributed by atoms with Crippen molar-refractivity contribution in [2.75, 3.05) is 46.0 Å². The number of carbonyl (C=O) groups is 4. The Bertz CT molecular complexity index is 2190. The Hall–Kier alpha value is -3.75. The van der Waals surface area contributed by atoms with Gasteiger partial charge >= 0.3 is 315 Å². The maximum absolute atomic E-state index is 14.8. The molecule has 3 saturated carbocycles. The fraction of sp³-hybridized carbons (Fsp3) is 0.681. The average molecular weight is 1030 g/mol. The van der Waals surface area contributed by atoms with Crippen molar-refractivity contribution in [2.45, 2.75) is 140 Å². The number of sulfonamides is 1. The second kappa shape index (κ2) is 20.6. The number of halogens is 1. The van der Waals surface area contributed by atoms with E-state index in [-0.39, 0.29) is 25.3 Å². The molecule has 3 saturated heterocycles. The fourth-order valence-corrected chi connectivity index (χ4v) is 13.8. The van der Waals surface area contributed by atoms with Gasteiger partial charge in [0, 0.05) is 19.6 Å². The molecule has 3 aliphatic carbocycles. The minimum atomic E-state index is -4.01. The number of benzene rings is 1. The molecule has 4 amide bonds. The van der Waals surface area contributed by atoms with Gasteiger partial charge in [0.1, 0.15) is 0 Å². The molecule has 8 rings (SSSR count). The molecule has 1 aromatic heterocycles. The van der Waals surface area contributed by atoms with Crippen LogP contribution in [0.15, 0.2) is 36.9 Å². The monoisotopic (exact) mass is 1030 g/mol. The summed E-state index contributed by atoms with van der Waals surface area (Å²) >= 11 is -1.09. The van der Waals surface area contributed by atoms with Crippen LogP contribution >= 0.6 is 0 Å². The van der Waals surface area contributed by atoms with Crippen LogP contribution in [0.5, 0.6) is 11.6 Å². The van der Waals surface area contributed by atoms with Crippen LogP contribution in [0.3, 0.4) is 0 Å². The Kier molecular flexibility index (Phi) is 15.2. The van der Waals surface area contributed by atoms with Gasteiger partial charge in [-0.3, -0.25) is 4.90 Å². The van der Waals surface area contributed by atoms with Gasteiger partial charge in [0.25, 0.3) is 0 Å². The molecule has 2 aromatic rings. The number of morpholine rings is 1. The van der Waals surface area contributed by atoms with Gasteiger partial charge in [-0.25, -0.2) is 0 Å². The van der Waals surface area contributed by atoms with Crippen molar-refractivity contribution in [3.63, 3.8) is 0 Å². The Morgan fingerprint density at radius 1 is 1.05 bits per heavy atom. The second-order valence-corrected chi connectivity index (χ2v) is 25.0. The first kappa shape index (κ1) is 47.7. The van der Waals surface area contributed by atoms with Gasteiger partial charge in [-0.2, -0.15) is 0 Å². The van der Waals surface area contributed by atoms with Gasteiger partial charge in [-0.1, -0.05) is 31.7 Å². The van der Waals surface area contributed by atoms with Crippen LogP contribution < -0.4 is 46.0 Å². The molecule has 3 aliphatic heterocycles. The molecule has 0 bridgehead atoms. The van der Waals surface area contributed by atoms with Crippen LogP contribution in [0.4, 0.5) is 4.79 Å². The zero-order chi connectivity index (χ0) is 45.8. The van der Waals surface area contributed by atoms with E-state index >= 15 is 0 Å². The number of ether oxygens (including phenoxy) is 3. The molecule has 4 heterocycles. The first-order valence-electron chi connectivity index (χ1n) is 23.8. The molecule has 6 fully saturated rings. The van der Waals surface area contributed by atoms with Gasteiger partial charge in [-0.05, 0) is 5.92 Å². The van der Waals surface area contributed by atoms with Crippen molar-refractivity contribution in [3.8, 4) is 11.6 Å². The number of unbranched alkanes of at least 4 members (excludes halogenated alkanes) is 2. The van der Waals surface area contributed by atoms with Crippen LogP contribution in [0.2, 0.25) is 0 Å². The average Bonchev–Trinajstić information content (AvgIpc) is 4.25. The van der Waals surface area contributed by atoms with E-state index in [0.717, 1.165) is 87.9 Å². The number of nitrogens with one attached hydrogen (secondary N) is 3. The van der Waals surface area contributed by atoms with E-state index in [1.165, 1.54) is 24.2 Å². The second-order valence-electron chi connectivity index (χ2n) is 19.1. The van der Waals surface area contributed by atoms with Crippen molar-refractivity contribution in [1.82, 2.24) is 30.1 Å². The maximum atomic E-state index is 14.8. The summed E-state index contributed by atoms with van der Waals surface area (Å²) < 4.78 is 44.9. The first-order valence-corrected chi connectivity index (χ1v) is 27.6. The molecular formula is C47H66IN6O10S-. The van der Waals surface area contributed by atoms with E-state index in [4.69, 9.17) is 19.2 Å². The third-order valence-electron chi connectivity index (χ3n) is 14.2. The number of pyridine rings is 1. The number of aromatic nitrogens is 1. The number of alkyl halides is 2. The van der Waals surface area contributed by atoms with Crippen LogP contribution in [-0.2, 0) is 35.6 Å². The number of carboxylic acid groups (broad SMARTS) is 1. The van der Waals surface area contributed by atoms with Gasteiger partial charge in [0.05, 0.1) is 13.2 Å². The van der Waals surface area contributed by atoms with Crippen LogP contribution in [0.1, 0.15) is 109 Å². The van der Waals surface area contributed by atoms with Gasteiger partial charge in [0.15, 0.2) is 0 Å². The number of hydrogen-bond acceptors (Lipinski definition) is 11.